The van der Waals surface area contributed by atoms with E-state index in [-0.39, 0.29) is 5.95 Å². The molecule has 4 nitrogen and oxygen atoms in total. The standard InChI is InChI=1S/C11H10ClN3O/c1-16-9-4-2-3-7(12)10(9)8-5-6-14-11(13)15-8/h2-6H,1H3,(H2,13,14,15). The number of benzene rings is 1. The van der Waals surface area contributed by atoms with E-state index < -0.39 is 0 Å². The van der Waals surface area contributed by atoms with Crippen molar-refractivity contribution in [2.24, 2.45) is 0 Å². The van der Waals surface area contributed by atoms with Crippen molar-refractivity contribution in [3.63, 3.8) is 0 Å². The number of hydrogen-bond acceptors (Lipinski definition) is 4. The first-order valence-corrected chi connectivity index (χ1v) is 5.01. The number of hydrogen-bond donors (Lipinski definition) is 1. The van der Waals surface area contributed by atoms with Gasteiger partial charge in [0.05, 0.1) is 23.4 Å². The van der Waals surface area contributed by atoms with Gasteiger partial charge in [-0.05, 0) is 18.2 Å². The Balaban J connectivity index is 2.63. The molecule has 0 bridgehead atoms. The van der Waals surface area contributed by atoms with E-state index in [0.29, 0.717) is 16.5 Å². The maximum Gasteiger partial charge on any atom is 0.220 e. The summed E-state index contributed by atoms with van der Waals surface area (Å²) in [6, 6.07) is 7.15. The molecular weight excluding hydrogens is 226 g/mol. The Morgan fingerprint density at radius 3 is 2.81 bits per heavy atom. The summed E-state index contributed by atoms with van der Waals surface area (Å²) >= 11 is 6.11. The summed E-state index contributed by atoms with van der Waals surface area (Å²) in [6.07, 6.45) is 1.58. The molecule has 0 aliphatic rings. The Morgan fingerprint density at radius 1 is 1.31 bits per heavy atom. The summed E-state index contributed by atoms with van der Waals surface area (Å²) in [4.78, 5) is 7.95. The zero-order chi connectivity index (χ0) is 11.5. The van der Waals surface area contributed by atoms with Crippen LogP contribution in [0.15, 0.2) is 30.5 Å². The largest absolute Gasteiger partial charge is 0.496 e. The van der Waals surface area contributed by atoms with E-state index >= 15 is 0 Å². The number of nitrogens with zero attached hydrogens (tertiary/aromatic N) is 2. The van der Waals surface area contributed by atoms with Gasteiger partial charge in [0.15, 0.2) is 0 Å². The Morgan fingerprint density at radius 2 is 2.12 bits per heavy atom. The molecule has 16 heavy (non-hydrogen) atoms. The maximum atomic E-state index is 6.11. The highest BCUT2D eigenvalue weighted by molar-refractivity contribution is 6.33. The molecule has 2 N–H and O–H groups in total. The van der Waals surface area contributed by atoms with Crippen LogP contribution in [0.2, 0.25) is 5.02 Å². The molecule has 1 aromatic carbocycles. The minimum Gasteiger partial charge on any atom is -0.496 e. The Bertz CT molecular complexity index is 516. The molecule has 0 saturated heterocycles. The molecule has 82 valence electrons. The molecule has 0 atom stereocenters. The predicted octanol–water partition coefficient (Wildman–Crippen LogP) is 2.39. The lowest BCUT2D eigenvalue weighted by Gasteiger charge is -2.09. The van der Waals surface area contributed by atoms with Crippen molar-refractivity contribution in [1.82, 2.24) is 9.97 Å². The van der Waals surface area contributed by atoms with Gasteiger partial charge in [-0.1, -0.05) is 17.7 Å². The molecular formula is C11H10ClN3O. The van der Waals surface area contributed by atoms with Crippen molar-refractivity contribution >= 4 is 17.5 Å². The van der Waals surface area contributed by atoms with Crippen molar-refractivity contribution in [3.8, 4) is 17.0 Å². The Labute approximate surface area is 98.0 Å². The number of rotatable bonds is 2. The number of anilines is 1. The third kappa shape index (κ3) is 1.92. The second-order valence-electron chi connectivity index (χ2n) is 3.12. The van der Waals surface area contributed by atoms with Crippen LogP contribution in [-0.2, 0) is 0 Å². The number of methoxy groups -OCH3 is 1. The lowest BCUT2D eigenvalue weighted by molar-refractivity contribution is 0.416. The van der Waals surface area contributed by atoms with Gasteiger partial charge < -0.3 is 10.5 Å². The van der Waals surface area contributed by atoms with Crippen LogP contribution in [-0.4, -0.2) is 17.1 Å². The molecule has 0 radical (unpaired) electrons. The van der Waals surface area contributed by atoms with Crippen molar-refractivity contribution < 1.29 is 4.74 Å². The summed E-state index contributed by atoms with van der Waals surface area (Å²) in [5, 5.41) is 0.567. The van der Waals surface area contributed by atoms with Crippen LogP contribution in [0.4, 0.5) is 5.95 Å². The lowest BCUT2D eigenvalue weighted by atomic mass is 10.1. The maximum absolute atomic E-state index is 6.11. The molecule has 0 unspecified atom stereocenters. The average molecular weight is 236 g/mol. The highest BCUT2D eigenvalue weighted by Gasteiger charge is 2.11. The fourth-order valence-corrected chi connectivity index (χ4v) is 1.70. The SMILES string of the molecule is COc1cccc(Cl)c1-c1ccnc(N)n1. The summed E-state index contributed by atoms with van der Waals surface area (Å²) in [5.41, 5.74) is 6.90. The second-order valence-corrected chi connectivity index (χ2v) is 3.52. The number of nitrogen functional groups attached to an aromatic ring is 1. The quantitative estimate of drug-likeness (QED) is 0.868. The van der Waals surface area contributed by atoms with Gasteiger partial charge in [-0.25, -0.2) is 9.97 Å². The molecule has 0 aliphatic carbocycles. The third-order valence-electron chi connectivity index (χ3n) is 2.13. The zero-order valence-corrected chi connectivity index (χ0v) is 9.40. The Hall–Kier alpha value is -1.81. The van der Waals surface area contributed by atoms with Crippen LogP contribution in [0, 0.1) is 0 Å². The molecule has 1 heterocycles. The van der Waals surface area contributed by atoms with Crippen molar-refractivity contribution in [1.29, 1.82) is 0 Å². The topological polar surface area (TPSA) is 61.0 Å². The molecule has 2 rings (SSSR count). The van der Waals surface area contributed by atoms with E-state index in [4.69, 9.17) is 22.1 Å². The number of halogens is 1. The van der Waals surface area contributed by atoms with Gasteiger partial charge in [0.25, 0.3) is 0 Å². The summed E-state index contributed by atoms with van der Waals surface area (Å²) in [7, 11) is 1.58. The summed E-state index contributed by atoms with van der Waals surface area (Å²) < 4.78 is 5.23. The molecule has 0 amide bonds. The third-order valence-corrected chi connectivity index (χ3v) is 2.44. The molecule has 2 aromatic rings. The van der Waals surface area contributed by atoms with E-state index in [1.807, 2.05) is 12.1 Å². The van der Waals surface area contributed by atoms with Crippen LogP contribution in [0.25, 0.3) is 11.3 Å². The van der Waals surface area contributed by atoms with E-state index in [1.54, 1.807) is 25.4 Å². The van der Waals surface area contributed by atoms with Gasteiger partial charge in [-0.3, -0.25) is 0 Å². The molecule has 0 spiro atoms. The highest BCUT2D eigenvalue weighted by Crippen LogP contribution is 2.35. The van der Waals surface area contributed by atoms with E-state index in [2.05, 4.69) is 9.97 Å². The first-order chi connectivity index (χ1) is 7.72. The normalized spacial score (nSPS) is 10.1. The minimum atomic E-state index is 0.208. The number of nitrogens with two attached hydrogens (primary N) is 1. The first-order valence-electron chi connectivity index (χ1n) is 4.64. The fraction of sp³-hybridized carbons (Fsp3) is 0.0909. The van der Waals surface area contributed by atoms with Crippen LogP contribution < -0.4 is 10.5 Å². The lowest BCUT2D eigenvalue weighted by Crippen LogP contribution is -1.97. The smallest absolute Gasteiger partial charge is 0.220 e. The van der Waals surface area contributed by atoms with Gasteiger partial charge in [-0.15, -0.1) is 0 Å². The van der Waals surface area contributed by atoms with Crippen LogP contribution in [0.5, 0.6) is 5.75 Å². The number of ether oxygens (including phenoxy) is 1. The van der Waals surface area contributed by atoms with E-state index in [0.717, 1.165) is 5.56 Å². The molecule has 0 aliphatic heterocycles. The zero-order valence-electron chi connectivity index (χ0n) is 8.64. The predicted molar refractivity (Wildman–Crippen MR) is 63.4 cm³/mol. The fourth-order valence-electron chi connectivity index (χ4n) is 1.44. The molecule has 5 heteroatoms. The van der Waals surface area contributed by atoms with Crippen LogP contribution >= 0.6 is 11.6 Å². The highest BCUT2D eigenvalue weighted by atomic mass is 35.5. The Kier molecular flexibility index (Phi) is 2.92. The second kappa shape index (κ2) is 4.37. The number of aromatic nitrogens is 2. The average Bonchev–Trinajstić information content (AvgIpc) is 2.28. The van der Waals surface area contributed by atoms with Crippen LogP contribution in [0.3, 0.4) is 0 Å². The van der Waals surface area contributed by atoms with Gasteiger partial charge in [-0.2, -0.15) is 0 Å². The molecule has 1 aromatic heterocycles. The van der Waals surface area contributed by atoms with Crippen LogP contribution in [0.1, 0.15) is 0 Å². The van der Waals surface area contributed by atoms with Crippen molar-refractivity contribution in [2.45, 2.75) is 0 Å². The van der Waals surface area contributed by atoms with E-state index in [9.17, 15) is 0 Å². The van der Waals surface area contributed by atoms with Crippen molar-refractivity contribution in [3.05, 3.63) is 35.5 Å². The first kappa shape index (κ1) is 10.7. The monoisotopic (exact) mass is 235 g/mol. The van der Waals surface area contributed by atoms with Gasteiger partial charge in [0.2, 0.25) is 5.95 Å². The molecule has 0 saturated carbocycles. The van der Waals surface area contributed by atoms with Gasteiger partial charge >= 0.3 is 0 Å². The summed E-state index contributed by atoms with van der Waals surface area (Å²) in [6.45, 7) is 0. The molecule has 0 fully saturated rings. The van der Waals surface area contributed by atoms with Gasteiger partial charge in [0, 0.05) is 6.20 Å². The summed E-state index contributed by atoms with van der Waals surface area (Å²) in [5.74, 6) is 0.866. The van der Waals surface area contributed by atoms with Gasteiger partial charge in [0.1, 0.15) is 5.75 Å². The van der Waals surface area contributed by atoms with E-state index in [1.165, 1.54) is 0 Å². The van der Waals surface area contributed by atoms with Crippen molar-refractivity contribution in [2.75, 3.05) is 12.8 Å². The minimum absolute atomic E-state index is 0.208.